The maximum atomic E-state index is 5.59. The standard InChI is InChI=1S/C6H10Cl2O3Si2/c7-5(9-1-3-12)11-6(8)10-2-4-13/h5-6H,1-4H2. The van der Waals surface area contributed by atoms with Crippen LogP contribution in [0.1, 0.15) is 0 Å². The van der Waals surface area contributed by atoms with Gasteiger partial charge in [-0.2, -0.15) is 0 Å². The first-order valence-corrected chi connectivity index (χ1v) is 5.95. The second kappa shape index (κ2) is 9.45. The van der Waals surface area contributed by atoms with Gasteiger partial charge in [-0.05, 0) is 12.1 Å². The maximum absolute atomic E-state index is 5.59. The largest absolute Gasteiger partial charge is 0.340 e. The first kappa shape index (κ1) is 13.9. The van der Waals surface area contributed by atoms with Crippen molar-refractivity contribution in [2.24, 2.45) is 0 Å². The molecular formula is C6H10Cl2O3Si2. The van der Waals surface area contributed by atoms with Crippen molar-refractivity contribution in [2.45, 2.75) is 23.6 Å². The summed E-state index contributed by atoms with van der Waals surface area (Å²) in [5.41, 5.74) is 0. The van der Waals surface area contributed by atoms with Crippen LogP contribution in [0.25, 0.3) is 0 Å². The number of ether oxygens (including phenoxy) is 3. The van der Waals surface area contributed by atoms with Crippen molar-refractivity contribution < 1.29 is 14.2 Å². The van der Waals surface area contributed by atoms with Crippen LogP contribution in [-0.4, -0.2) is 45.2 Å². The molecule has 0 aliphatic carbocycles. The predicted octanol–water partition coefficient (Wildman–Crippen LogP) is 1.25. The van der Waals surface area contributed by atoms with Crippen molar-refractivity contribution in [1.82, 2.24) is 0 Å². The molecule has 0 aromatic carbocycles. The van der Waals surface area contributed by atoms with E-state index < -0.39 is 11.5 Å². The Morgan fingerprint density at radius 3 is 1.62 bits per heavy atom. The molecule has 13 heavy (non-hydrogen) atoms. The molecule has 0 spiro atoms. The Hall–Kier alpha value is 0.894. The Morgan fingerprint density at radius 2 is 1.31 bits per heavy atom. The molecule has 0 aromatic rings. The van der Waals surface area contributed by atoms with Crippen molar-refractivity contribution in [3.8, 4) is 0 Å². The SMILES string of the molecule is [Si]CCOC(Cl)OC(Cl)OCC[Si]. The Kier molecular flexibility index (Phi) is 10.1. The van der Waals surface area contributed by atoms with Gasteiger partial charge in [0.05, 0.1) is 0 Å². The van der Waals surface area contributed by atoms with Crippen LogP contribution in [0.4, 0.5) is 0 Å². The van der Waals surface area contributed by atoms with E-state index in [9.17, 15) is 0 Å². The monoisotopic (exact) mass is 256 g/mol. The minimum Gasteiger partial charge on any atom is -0.340 e. The van der Waals surface area contributed by atoms with Gasteiger partial charge in [-0.1, -0.05) is 23.2 Å². The van der Waals surface area contributed by atoms with Crippen LogP contribution in [0.2, 0.25) is 12.1 Å². The van der Waals surface area contributed by atoms with Crippen LogP contribution in [0.15, 0.2) is 0 Å². The summed E-state index contributed by atoms with van der Waals surface area (Å²) in [6.07, 6.45) is 0. The molecule has 7 heteroatoms. The Morgan fingerprint density at radius 1 is 0.923 bits per heavy atom. The average Bonchev–Trinajstić information content (AvgIpc) is 2.11. The lowest BCUT2D eigenvalue weighted by Crippen LogP contribution is -2.19. The molecule has 0 saturated carbocycles. The van der Waals surface area contributed by atoms with Crippen molar-refractivity contribution in [3.63, 3.8) is 0 Å². The zero-order valence-electron chi connectivity index (χ0n) is 6.96. The second-order valence-electron chi connectivity index (χ2n) is 1.93. The molecule has 6 radical (unpaired) electrons. The van der Waals surface area contributed by atoms with Gasteiger partial charge in [0, 0.05) is 33.7 Å². The van der Waals surface area contributed by atoms with E-state index in [4.69, 9.17) is 37.4 Å². The van der Waals surface area contributed by atoms with E-state index in [0.717, 1.165) is 0 Å². The topological polar surface area (TPSA) is 27.7 Å². The summed E-state index contributed by atoms with van der Waals surface area (Å²) in [6, 6.07) is 1.36. The third-order valence-corrected chi connectivity index (χ3v) is 1.78. The first-order chi connectivity index (χ1) is 6.20. The number of alkyl halides is 2. The Bertz CT molecular complexity index is 108. The van der Waals surface area contributed by atoms with Crippen LogP contribution < -0.4 is 0 Å². The molecule has 74 valence electrons. The van der Waals surface area contributed by atoms with Gasteiger partial charge in [0.15, 0.2) is 0 Å². The van der Waals surface area contributed by atoms with Gasteiger partial charge in [0.1, 0.15) is 0 Å². The summed E-state index contributed by atoms with van der Waals surface area (Å²) in [5.74, 6) is -1.76. The van der Waals surface area contributed by atoms with Gasteiger partial charge in [-0.25, -0.2) is 0 Å². The molecule has 0 bridgehead atoms. The van der Waals surface area contributed by atoms with E-state index in [1.807, 2.05) is 0 Å². The summed E-state index contributed by atoms with van der Waals surface area (Å²) in [7, 11) is 6.44. The van der Waals surface area contributed by atoms with Gasteiger partial charge < -0.3 is 9.47 Å². The molecule has 0 heterocycles. The van der Waals surface area contributed by atoms with E-state index in [0.29, 0.717) is 25.3 Å². The van der Waals surface area contributed by atoms with Crippen LogP contribution in [0.3, 0.4) is 0 Å². The molecule has 0 amide bonds. The fourth-order valence-corrected chi connectivity index (χ4v) is 1.12. The van der Waals surface area contributed by atoms with Gasteiger partial charge in [0.2, 0.25) is 11.5 Å². The number of halogens is 2. The minimum atomic E-state index is -0.881. The van der Waals surface area contributed by atoms with Gasteiger partial charge in [-0.3, -0.25) is 4.74 Å². The fourth-order valence-electron chi connectivity index (χ4n) is 0.466. The molecule has 0 N–H and O–H groups in total. The third kappa shape index (κ3) is 9.20. The molecule has 0 aromatic heterocycles. The van der Waals surface area contributed by atoms with Crippen LogP contribution in [-0.2, 0) is 14.2 Å². The number of hydrogen-bond donors (Lipinski definition) is 0. The lowest BCUT2D eigenvalue weighted by atomic mass is 10.8. The zero-order chi connectivity index (χ0) is 10.1. The molecule has 0 rings (SSSR count). The van der Waals surface area contributed by atoms with Crippen molar-refractivity contribution in [3.05, 3.63) is 0 Å². The molecule has 0 fully saturated rings. The van der Waals surface area contributed by atoms with E-state index in [1.165, 1.54) is 0 Å². The Labute approximate surface area is 94.9 Å². The summed E-state index contributed by atoms with van der Waals surface area (Å²) in [4.78, 5) is 0. The van der Waals surface area contributed by atoms with E-state index in [-0.39, 0.29) is 0 Å². The second-order valence-corrected chi connectivity index (χ2v) is 3.64. The number of hydrogen-bond acceptors (Lipinski definition) is 3. The highest BCUT2D eigenvalue weighted by Gasteiger charge is 2.11. The smallest absolute Gasteiger partial charge is 0.240 e. The van der Waals surface area contributed by atoms with Crippen LogP contribution >= 0.6 is 23.2 Å². The van der Waals surface area contributed by atoms with Crippen LogP contribution in [0.5, 0.6) is 0 Å². The van der Waals surface area contributed by atoms with Crippen molar-refractivity contribution in [2.75, 3.05) is 13.2 Å². The van der Waals surface area contributed by atoms with Crippen molar-refractivity contribution >= 4 is 43.7 Å². The Balaban J connectivity index is 3.35. The zero-order valence-corrected chi connectivity index (χ0v) is 10.5. The molecule has 0 aliphatic rings. The molecule has 2 unspecified atom stereocenters. The lowest BCUT2D eigenvalue weighted by molar-refractivity contribution is -0.173. The summed E-state index contributed by atoms with van der Waals surface area (Å²) < 4.78 is 14.8. The van der Waals surface area contributed by atoms with Gasteiger partial charge >= 0.3 is 0 Å². The van der Waals surface area contributed by atoms with Crippen LogP contribution in [0, 0.1) is 0 Å². The summed E-state index contributed by atoms with van der Waals surface area (Å²) in [5, 5.41) is 0. The highest BCUT2D eigenvalue weighted by atomic mass is 35.5. The predicted molar refractivity (Wildman–Crippen MR) is 53.4 cm³/mol. The normalized spacial score (nSPS) is 15.7. The van der Waals surface area contributed by atoms with E-state index in [1.54, 1.807) is 0 Å². The lowest BCUT2D eigenvalue weighted by Gasteiger charge is -2.15. The molecule has 3 nitrogen and oxygen atoms in total. The maximum Gasteiger partial charge on any atom is 0.240 e. The fraction of sp³-hybridized carbons (Fsp3) is 1.00. The quantitative estimate of drug-likeness (QED) is 0.372. The highest BCUT2D eigenvalue weighted by Crippen LogP contribution is 2.10. The molecular weight excluding hydrogens is 247 g/mol. The summed E-state index contributed by atoms with van der Waals surface area (Å²) in [6.45, 7) is 0.902. The minimum absolute atomic E-state index is 0.451. The molecule has 2 atom stereocenters. The van der Waals surface area contributed by atoms with Gasteiger partial charge in [0.25, 0.3) is 0 Å². The van der Waals surface area contributed by atoms with Crippen molar-refractivity contribution in [1.29, 1.82) is 0 Å². The molecule has 0 saturated heterocycles. The average molecular weight is 257 g/mol. The van der Waals surface area contributed by atoms with E-state index in [2.05, 4.69) is 20.5 Å². The molecule has 0 aliphatic heterocycles. The summed E-state index contributed by atoms with van der Waals surface area (Å²) >= 11 is 11.2. The third-order valence-electron chi connectivity index (χ3n) is 0.916. The number of rotatable bonds is 8. The first-order valence-electron chi connectivity index (χ1n) is 3.66. The van der Waals surface area contributed by atoms with Gasteiger partial charge in [-0.15, -0.1) is 0 Å². The highest BCUT2D eigenvalue weighted by molar-refractivity contribution is 6.20. The van der Waals surface area contributed by atoms with E-state index >= 15 is 0 Å².